The highest BCUT2D eigenvalue weighted by molar-refractivity contribution is 5.03. The Labute approximate surface area is 145 Å². The molecule has 0 aliphatic carbocycles. The van der Waals surface area contributed by atoms with Gasteiger partial charge in [0.25, 0.3) is 0 Å². The minimum absolute atomic E-state index is 0.180. The fourth-order valence-corrected chi connectivity index (χ4v) is 4.74. The maximum atomic E-state index is 6.26. The van der Waals surface area contributed by atoms with Gasteiger partial charge in [-0.25, -0.2) is 0 Å². The van der Waals surface area contributed by atoms with Crippen LogP contribution in [-0.4, -0.2) is 63.4 Å². The zero-order chi connectivity index (χ0) is 16.4. The summed E-state index contributed by atoms with van der Waals surface area (Å²) in [5.74, 6) is 1.22. The van der Waals surface area contributed by atoms with Crippen molar-refractivity contribution < 1.29 is 9.47 Å². The van der Waals surface area contributed by atoms with Gasteiger partial charge in [-0.3, -0.25) is 21.5 Å². The fourth-order valence-electron chi connectivity index (χ4n) is 4.74. The van der Waals surface area contributed by atoms with Gasteiger partial charge in [0, 0.05) is 24.7 Å². The van der Waals surface area contributed by atoms with E-state index in [9.17, 15) is 0 Å². The molecule has 6 unspecified atom stereocenters. The van der Waals surface area contributed by atoms with E-state index in [-0.39, 0.29) is 12.3 Å². The molecule has 0 aromatic carbocycles. The van der Waals surface area contributed by atoms with Crippen molar-refractivity contribution in [3.8, 4) is 0 Å². The first kappa shape index (κ1) is 17.1. The third-order valence-corrected chi connectivity index (χ3v) is 6.04. The Morgan fingerprint density at radius 1 is 0.958 bits per heavy atom. The Balaban J connectivity index is 1.46. The van der Waals surface area contributed by atoms with Crippen LogP contribution in [0.3, 0.4) is 0 Å². The third kappa shape index (κ3) is 3.93. The van der Waals surface area contributed by atoms with Crippen LogP contribution in [0.5, 0.6) is 0 Å². The van der Waals surface area contributed by atoms with E-state index in [0.717, 1.165) is 39.1 Å². The first-order valence-electron chi connectivity index (χ1n) is 9.71. The summed E-state index contributed by atoms with van der Waals surface area (Å²) in [6.45, 7) is 6.75. The molecule has 4 bridgehead atoms. The second-order valence-corrected chi connectivity index (χ2v) is 7.95. The normalized spacial score (nSPS) is 47.6. The summed E-state index contributed by atoms with van der Waals surface area (Å²) in [6.07, 6.45) is 4.93. The van der Waals surface area contributed by atoms with Crippen molar-refractivity contribution in [3.05, 3.63) is 0 Å². The zero-order valence-electron chi connectivity index (χ0n) is 14.7. The molecule has 7 heteroatoms. The molecular weight excluding hydrogens is 306 g/mol. The Kier molecular flexibility index (Phi) is 5.68. The summed E-state index contributed by atoms with van der Waals surface area (Å²) in [4.78, 5) is 0. The number of nitrogens with one attached hydrogen (secondary N) is 5. The van der Waals surface area contributed by atoms with Gasteiger partial charge in [-0.15, -0.1) is 0 Å². The van der Waals surface area contributed by atoms with Crippen LogP contribution in [0.1, 0.15) is 32.6 Å². The Hall–Kier alpha value is -0.280. The molecule has 0 radical (unpaired) electrons. The minimum Gasteiger partial charge on any atom is -0.366 e. The molecule has 0 spiro atoms. The van der Waals surface area contributed by atoms with Gasteiger partial charge < -0.3 is 14.8 Å². The van der Waals surface area contributed by atoms with E-state index in [2.05, 4.69) is 33.7 Å². The lowest BCUT2D eigenvalue weighted by Gasteiger charge is -2.40. The van der Waals surface area contributed by atoms with Crippen molar-refractivity contribution in [2.45, 2.75) is 63.1 Å². The molecule has 4 fully saturated rings. The third-order valence-electron chi connectivity index (χ3n) is 6.04. The number of hydrogen-bond acceptors (Lipinski definition) is 7. The molecular formula is C17H33N5O2. The molecule has 138 valence electrons. The standard InChI is InChI=1S/C17H33N5O2/c1-11-4-5-18-10-23-9-12-6-13(8-19-7-12)16-17-14(21-22-16)2-3-15(20-17)24-11/h11-22H,2-10H2,1H3/t11-,12?,13?,14?,15?,16?,17?/m1/s1. The van der Waals surface area contributed by atoms with Gasteiger partial charge in [-0.1, -0.05) is 0 Å². The molecule has 4 rings (SSSR count). The SMILES string of the molecule is C[C@@H]1CCNCOCC2CNCC(C2)C2NNC3CCC(NC32)O1. The molecule has 0 aromatic rings. The van der Waals surface area contributed by atoms with Crippen LogP contribution in [0.2, 0.25) is 0 Å². The van der Waals surface area contributed by atoms with Gasteiger partial charge in [-0.05, 0) is 57.5 Å². The molecule has 4 heterocycles. The highest BCUT2D eigenvalue weighted by Gasteiger charge is 2.44. The zero-order valence-corrected chi connectivity index (χ0v) is 14.7. The van der Waals surface area contributed by atoms with Crippen molar-refractivity contribution in [2.24, 2.45) is 11.8 Å². The second kappa shape index (κ2) is 7.95. The summed E-state index contributed by atoms with van der Waals surface area (Å²) in [5.41, 5.74) is 7.11. The molecule has 0 amide bonds. The summed E-state index contributed by atoms with van der Waals surface area (Å²) >= 11 is 0. The highest BCUT2D eigenvalue weighted by Crippen LogP contribution is 2.29. The number of piperidine rings is 2. The molecule has 0 aromatic heterocycles. The predicted molar refractivity (Wildman–Crippen MR) is 92.2 cm³/mol. The van der Waals surface area contributed by atoms with E-state index in [0.29, 0.717) is 36.7 Å². The van der Waals surface area contributed by atoms with Crippen LogP contribution < -0.4 is 26.8 Å². The first-order chi connectivity index (χ1) is 11.8. The smallest absolute Gasteiger partial charge is 0.108 e. The maximum Gasteiger partial charge on any atom is 0.108 e. The van der Waals surface area contributed by atoms with Crippen LogP contribution in [0.25, 0.3) is 0 Å². The molecule has 7 atom stereocenters. The van der Waals surface area contributed by atoms with Crippen LogP contribution in [0, 0.1) is 11.8 Å². The largest absolute Gasteiger partial charge is 0.366 e. The van der Waals surface area contributed by atoms with Gasteiger partial charge in [-0.2, -0.15) is 0 Å². The molecule has 24 heavy (non-hydrogen) atoms. The highest BCUT2D eigenvalue weighted by atomic mass is 16.5. The summed E-state index contributed by atoms with van der Waals surface area (Å²) in [5, 5.41) is 10.8. The predicted octanol–water partition coefficient (Wildman–Crippen LogP) is -0.492. The minimum atomic E-state index is 0.180. The fraction of sp³-hybridized carbons (Fsp3) is 1.00. The number of ether oxygens (including phenoxy) is 2. The van der Waals surface area contributed by atoms with Crippen molar-refractivity contribution in [1.82, 2.24) is 26.8 Å². The van der Waals surface area contributed by atoms with Crippen LogP contribution in [0.15, 0.2) is 0 Å². The van der Waals surface area contributed by atoms with Crippen molar-refractivity contribution in [3.63, 3.8) is 0 Å². The van der Waals surface area contributed by atoms with Gasteiger partial charge in [0.1, 0.15) is 6.23 Å². The van der Waals surface area contributed by atoms with E-state index in [1.54, 1.807) is 0 Å². The summed E-state index contributed by atoms with van der Waals surface area (Å²) in [7, 11) is 0. The molecule has 0 saturated carbocycles. The summed E-state index contributed by atoms with van der Waals surface area (Å²) < 4.78 is 12.1. The lowest BCUT2D eigenvalue weighted by atomic mass is 9.80. The van der Waals surface area contributed by atoms with Crippen LogP contribution >= 0.6 is 0 Å². The van der Waals surface area contributed by atoms with E-state index >= 15 is 0 Å². The van der Waals surface area contributed by atoms with E-state index in [4.69, 9.17) is 9.47 Å². The van der Waals surface area contributed by atoms with E-state index in [1.807, 2.05) is 0 Å². The van der Waals surface area contributed by atoms with E-state index in [1.165, 1.54) is 12.8 Å². The number of rotatable bonds is 0. The Bertz CT molecular complexity index is 412. The van der Waals surface area contributed by atoms with Crippen LogP contribution in [-0.2, 0) is 9.47 Å². The van der Waals surface area contributed by atoms with Gasteiger partial charge >= 0.3 is 0 Å². The number of hydrazine groups is 1. The van der Waals surface area contributed by atoms with Crippen molar-refractivity contribution >= 4 is 0 Å². The van der Waals surface area contributed by atoms with Gasteiger partial charge in [0.2, 0.25) is 0 Å². The molecule has 4 aliphatic heterocycles. The topological polar surface area (TPSA) is 78.6 Å². The van der Waals surface area contributed by atoms with Crippen molar-refractivity contribution in [2.75, 3.05) is 33.0 Å². The lowest BCUT2D eigenvalue weighted by Crippen LogP contribution is -2.58. The lowest BCUT2D eigenvalue weighted by molar-refractivity contribution is -0.0506. The van der Waals surface area contributed by atoms with Gasteiger partial charge in [0.05, 0.1) is 19.4 Å². The first-order valence-corrected chi connectivity index (χ1v) is 9.71. The average molecular weight is 339 g/mol. The number of fused-ring (bicyclic) bond motifs is 4. The Morgan fingerprint density at radius 2 is 1.92 bits per heavy atom. The average Bonchev–Trinajstić information content (AvgIpc) is 3.01. The maximum absolute atomic E-state index is 6.26. The van der Waals surface area contributed by atoms with Gasteiger partial charge in [0.15, 0.2) is 0 Å². The monoisotopic (exact) mass is 339 g/mol. The van der Waals surface area contributed by atoms with Crippen molar-refractivity contribution in [1.29, 1.82) is 0 Å². The molecule has 7 nitrogen and oxygen atoms in total. The van der Waals surface area contributed by atoms with E-state index < -0.39 is 0 Å². The molecule has 5 N–H and O–H groups in total. The molecule has 4 saturated heterocycles. The summed E-state index contributed by atoms with van der Waals surface area (Å²) in [6, 6.07) is 1.42. The number of hydrogen-bond donors (Lipinski definition) is 5. The molecule has 4 aliphatic rings. The van der Waals surface area contributed by atoms with Crippen LogP contribution in [0.4, 0.5) is 0 Å². The Morgan fingerprint density at radius 3 is 2.88 bits per heavy atom. The second-order valence-electron chi connectivity index (χ2n) is 7.95. The quantitative estimate of drug-likeness (QED) is 0.407.